The molecule has 1 amide bonds. The van der Waals surface area contributed by atoms with E-state index in [9.17, 15) is 14.7 Å². The Labute approximate surface area is 128 Å². The summed E-state index contributed by atoms with van der Waals surface area (Å²) in [5.74, 6) is -1.30. The molecule has 2 unspecified atom stereocenters. The Kier molecular flexibility index (Phi) is 3.83. The fourth-order valence-electron chi connectivity index (χ4n) is 3.08. The number of H-pyrrole nitrogens is 1. The van der Waals surface area contributed by atoms with Crippen molar-refractivity contribution >= 4 is 22.9 Å². The molecule has 0 spiro atoms. The molecule has 2 aromatic rings. The van der Waals surface area contributed by atoms with E-state index in [4.69, 9.17) is 0 Å². The highest BCUT2D eigenvalue weighted by Gasteiger charge is 2.32. The van der Waals surface area contributed by atoms with Crippen molar-refractivity contribution in [3.63, 3.8) is 0 Å². The minimum atomic E-state index is -0.819. The number of aromatic nitrogens is 2. The van der Waals surface area contributed by atoms with Crippen LogP contribution < -0.4 is 0 Å². The van der Waals surface area contributed by atoms with Crippen molar-refractivity contribution < 1.29 is 14.7 Å². The van der Waals surface area contributed by atoms with Gasteiger partial charge in [-0.15, -0.1) is 0 Å². The van der Waals surface area contributed by atoms with Crippen molar-refractivity contribution in [1.29, 1.82) is 0 Å². The summed E-state index contributed by atoms with van der Waals surface area (Å²) in [4.78, 5) is 32.7. The summed E-state index contributed by atoms with van der Waals surface area (Å²) >= 11 is 0. The second-order valence-corrected chi connectivity index (χ2v) is 5.90. The van der Waals surface area contributed by atoms with E-state index in [0.717, 1.165) is 23.0 Å². The maximum Gasteiger partial charge on any atom is 0.308 e. The van der Waals surface area contributed by atoms with Crippen LogP contribution in [0.2, 0.25) is 0 Å². The number of carbonyl (C=O) groups is 2. The molecule has 2 N–H and O–H groups in total. The number of carbonyl (C=O) groups excluding carboxylic acids is 1. The number of piperidine rings is 1. The van der Waals surface area contributed by atoms with Gasteiger partial charge in [0.15, 0.2) is 0 Å². The maximum atomic E-state index is 12.6. The first kappa shape index (κ1) is 14.6. The first-order valence-electron chi connectivity index (χ1n) is 7.49. The molecule has 1 aliphatic heterocycles. The number of aliphatic carboxylic acids is 1. The van der Waals surface area contributed by atoms with Gasteiger partial charge in [-0.2, -0.15) is 0 Å². The number of aromatic amines is 1. The summed E-state index contributed by atoms with van der Waals surface area (Å²) in [7, 11) is 0. The van der Waals surface area contributed by atoms with Crippen molar-refractivity contribution in [1.82, 2.24) is 14.9 Å². The van der Waals surface area contributed by atoms with Gasteiger partial charge >= 0.3 is 5.97 Å². The van der Waals surface area contributed by atoms with E-state index in [2.05, 4.69) is 9.97 Å². The van der Waals surface area contributed by atoms with Crippen LogP contribution in [-0.4, -0.2) is 44.4 Å². The highest BCUT2D eigenvalue weighted by Crippen LogP contribution is 2.24. The van der Waals surface area contributed by atoms with E-state index < -0.39 is 11.9 Å². The molecule has 0 saturated carbocycles. The number of amides is 1. The van der Waals surface area contributed by atoms with Crippen LogP contribution in [0, 0.1) is 5.92 Å². The zero-order valence-electron chi connectivity index (χ0n) is 12.5. The summed E-state index contributed by atoms with van der Waals surface area (Å²) in [5, 5.41) is 10.1. The van der Waals surface area contributed by atoms with Gasteiger partial charge < -0.3 is 15.0 Å². The smallest absolute Gasteiger partial charge is 0.308 e. The fourth-order valence-corrected chi connectivity index (χ4v) is 3.08. The largest absolute Gasteiger partial charge is 0.481 e. The molecule has 6 heteroatoms. The lowest BCUT2D eigenvalue weighted by Crippen LogP contribution is -2.47. The molecular formula is C16H19N3O3. The van der Waals surface area contributed by atoms with E-state index in [1.807, 2.05) is 19.1 Å². The van der Waals surface area contributed by atoms with Crippen molar-refractivity contribution in [3.05, 3.63) is 30.1 Å². The molecule has 0 aliphatic carbocycles. The Hall–Kier alpha value is -2.37. The number of hydrogen-bond acceptors (Lipinski definition) is 3. The lowest BCUT2D eigenvalue weighted by atomic mass is 9.93. The predicted molar refractivity (Wildman–Crippen MR) is 81.3 cm³/mol. The normalized spacial score (nSPS) is 22.0. The number of fused-ring (bicyclic) bond motifs is 1. The van der Waals surface area contributed by atoms with Crippen molar-refractivity contribution in [2.24, 2.45) is 5.92 Å². The third-order valence-electron chi connectivity index (χ3n) is 4.43. The zero-order chi connectivity index (χ0) is 15.7. The number of nitrogens with one attached hydrogen (secondary N) is 1. The zero-order valence-corrected chi connectivity index (χ0v) is 12.5. The molecule has 0 radical (unpaired) electrons. The number of pyridine rings is 1. The van der Waals surface area contributed by atoms with Crippen LogP contribution in [0.3, 0.4) is 0 Å². The van der Waals surface area contributed by atoms with E-state index in [-0.39, 0.29) is 18.4 Å². The average Bonchev–Trinajstić information content (AvgIpc) is 2.90. The van der Waals surface area contributed by atoms with Crippen LogP contribution in [0.15, 0.2) is 24.5 Å². The van der Waals surface area contributed by atoms with Gasteiger partial charge in [0.25, 0.3) is 0 Å². The molecule has 3 heterocycles. The monoisotopic (exact) mass is 301 g/mol. The predicted octanol–water partition coefficient (Wildman–Crippen LogP) is 1.82. The van der Waals surface area contributed by atoms with Gasteiger partial charge in [-0.3, -0.25) is 9.59 Å². The van der Waals surface area contributed by atoms with Crippen LogP contribution in [-0.2, 0) is 16.0 Å². The summed E-state index contributed by atoms with van der Waals surface area (Å²) in [5.41, 5.74) is 1.66. The van der Waals surface area contributed by atoms with Gasteiger partial charge in [-0.25, -0.2) is 4.98 Å². The van der Waals surface area contributed by atoms with E-state index in [0.29, 0.717) is 13.0 Å². The molecule has 2 aromatic heterocycles. The van der Waals surface area contributed by atoms with Crippen LogP contribution in [0.4, 0.5) is 0 Å². The number of likely N-dealkylation sites (tertiary alicyclic amines) is 1. The van der Waals surface area contributed by atoms with Gasteiger partial charge in [-0.05, 0) is 37.5 Å². The fraction of sp³-hybridized carbons (Fsp3) is 0.438. The Morgan fingerprint density at radius 1 is 1.45 bits per heavy atom. The molecule has 1 fully saturated rings. The van der Waals surface area contributed by atoms with Crippen molar-refractivity contribution in [2.75, 3.05) is 6.54 Å². The third kappa shape index (κ3) is 2.68. The standard InChI is InChI=1S/C16H19N3O3/c1-10-4-5-11(16(21)22)9-19(10)14(20)7-12-8-18-15-13(12)3-2-6-17-15/h2-3,6,8,10-11H,4-5,7,9H2,1H3,(H,17,18)(H,21,22). The van der Waals surface area contributed by atoms with Gasteiger partial charge in [0.2, 0.25) is 5.91 Å². The first-order chi connectivity index (χ1) is 10.6. The lowest BCUT2D eigenvalue weighted by molar-refractivity contribution is -0.146. The number of nitrogens with zero attached hydrogens (tertiary/aromatic N) is 2. The minimum Gasteiger partial charge on any atom is -0.481 e. The molecule has 0 bridgehead atoms. The van der Waals surface area contributed by atoms with Gasteiger partial charge in [0.1, 0.15) is 5.65 Å². The third-order valence-corrected chi connectivity index (χ3v) is 4.43. The first-order valence-corrected chi connectivity index (χ1v) is 7.49. The van der Waals surface area contributed by atoms with Crippen LogP contribution in [0.25, 0.3) is 11.0 Å². The van der Waals surface area contributed by atoms with Gasteiger partial charge in [0.05, 0.1) is 12.3 Å². The summed E-state index contributed by atoms with van der Waals surface area (Å²) in [6, 6.07) is 3.86. The Morgan fingerprint density at radius 3 is 3.05 bits per heavy atom. The Balaban J connectivity index is 1.77. The molecule has 116 valence electrons. The van der Waals surface area contributed by atoms with Crippen molar-refractivity contribution in [2.45, 2.75) is 32.2 Å². The highest BCUT2D eigenvalue weighted by atomic mass is 16.4. The number of hydrogen-bond donors (Lipinski definition) is 2. The van der Waals surface area contributed by atoms with Crippen LogP contribution in [0.1, 0.15) is 25.3 Å². The summed E-state index contributed by atoms with van der Waals surface area (Å²) in [6.07, 6.45) is 5.14. The van der Waals surface area contributed by atoms with E-state index in [1.165, 1.54) is 0 Å². The minimum absolute atomic E-state index is 0.0248. The second kappa shape index (κ2) is 5.79. The molecule has 6 nitrogen and oxygen atoms in total. The highest BCUT2D eigenvalue weighted by molar-refractivity contribution is 5.87. The molecule has 2 atom stereocenters. The lowest BCUT2D eigenvalue weighted by Gasteiger charge is -2.36. The number of rotatable bonds is 3. The van der Waals surface area contributed by atoms with Gasteiger partial charge in [0, 0.05) is 30.4 Å². The number of carboxylic acids is 1. The molecule has 22 heavy (non-hydrogen) atoms. The Morgan fingerprint density at radius 2 is 2.27 bits per heavy atom. The molecule has 3 rings (SSSR count). The quantitative estimate of drug-likeness (QED) is 0.905. The van der Waals surface area contributed by atoms with Crippen LogP contribution in [0.5, 0.6) is 0 Å². The average molecular weight is 301 g/mol. The summed E-state index contributed by atoms with van der Waals surface area (Å²) < 4.78 is 0. The Bertz CT molecular complexity index is 709. The molecule has 0 aromatic carbocycles. The number of carboxylic acid groups (broad SMARTS) is 1. The van der Waals surface area contributed by atoms with Crippen molar-refractivity contribution in [3.8, 4) is 0 Å². The SMILES string of the molecule is CC1CCC(C(=O)O)CN1C(=O)Cc1c[nH]c2ncccc12. The summed E-state index contributed by atoms with van der Waals surface area (Å²) in [6.45, 7) is 2.28. The topological polar surface area (TPSA) is 86.3 Å². The molecule has 1 aliphatic rings. The van der Waals surface area contributed by atoms with Gasteiger partial charge in [-0.1, -0.05) is 0 Å². The maximum absolute atomic E-state index is 12.6. The van der Waals surface area contributed by atoms with E-state index in [1.54, 1.807) is 17.3 Å². The van der Waals surface area contributed by atoms with E-state index >= 15 is 0 Å². The molecule has 1 saturated heterocycles. The molecular weight excluding hydrogens is 282 g/mol. The van der Waals surface area contributed by atoms with Crippen LogP contribution >= 0.6 is 0 Å². The second-order valence-electron chi connectivity index (χ2n) is 5.90.